The Morgan fingerprint density at radius 2 is 2.00 bits per heavy atom. The van der Waals surface area contributed by atoms with Crippen molar-refractivity contribution in [3.63, 3.8) is 0 Å². The Labute approximate surface area is 122 Å². The summed E-state index contributed by atoms with van der Waals surface area (Å²) in [7, 11) is -0.756. The summed E-state index contributed by atoms with van der Waals surface area (Å²) < 4.78 is 53.2. The first-order valence-corrected chi connectivity index (χ1v) is 9.81. The summed E-state index contributed by atoms with van der Waals surface area (Å²) in [6, 6.07) is 4.13. The quantitative estimate of drug-likeness (QED) is 0.780. The van der Waals surface area contributed by atoms with E-state index in [0.717, 1.165) is 6.42 Å². The number of halogens is 1. The van der Waals surface area contributed by atoms with E-state index in [1.807, 2.05) is 0 Å². The first-order chi connectivity index (χ1) is 9.25. The van der Waals surface area contributed by atoms with Gasteiger partial charge in [0.1, 0.15) is 10.6 Å². The van der Waals surface area contributed by atoms with Gasteiger partial charge in [0.05, 0.1) is 18.6 Å². The molecule has 1 heterocycles. The molecule has 2 rings (SSSR count). The molecule has 20 heavy (non-hydrogen) atoms. The zero-order chi connectivity index (χ0) is 15.0. The molecule has 0 saturated carbocycles. The molecule has 0 spiro atoms. The lowest BCUT2D eigenvalue weighted by Crippen LogP contribution is -2.37. The van der Waals surface area contributed by atoms with E-state index in [1.54, 1.807) is 0 Å². The van der Waals surface area contributed by atoms with E-state index in [0.29, 0.717) is 13.0 Å². The Kier molecular flexibility index (Phi) is 4.17. The first-order valence-electron chi connectivity index (χ1n) is 5.89. The van der Waals surface area contributed by atoms with Gasteiger partial charge in [0, 0.05) is 17.2 Å². The molecule has 1 aromatic carbocycles. The molecule has 0 bridgehead atoms. The number of sulfonamides is 1. The van der Waals surface area contributed by atoms with Gasteiger partial charge in [-0.05, 0) is 31.0 Å². The summed E-state index contributed by atoms with van der Waals surface area (Å²) in [6.07, 6.45) is 1.34. The van der Waals surface area contributed by atoms with Crippen LogP contribution in [0.2, 0.25) is 0 Å². The van der Waals surface area contributed by atoms with Crippen LogP contribution < -0.4 is 9.04 Å². The molecule has 0 N–H and O–H groups in total. The van der Waals surface area contributed by atoms with Gasteiger partial charge < -0.3 is 4.74 Å². The molecule has 0 aromatic heterocycles. The van der Waals surface area contributed by atoms with E-state index >= 15 is 0 Å². The van der Waals surface area contributed by atoms with Crippen molar-refractivity contribution in [2.75, 3.05) is 23.7 Å². The van der Waals surface area contributed by atoms with Crippen LogP contribution >= 0.6 is 10.7 Å². The number of benzene rings is 1. The normalized spacial score (nSPS) is 18.8. The number of anilines is 1. The third-order valence-corrected chi connectivity index (χ3v) is 6.26. The fourth-order valence-electron chi connectivity index (χ4n) is 2.09. The monoisotopic (exact) mass is 339 g/mol. The predicted molar refractivity (Wildman–Crippen MR) is 76.4 cm³/mol. The molecule has 0 unspecified atom stereocenters. The van der Waals surface area contributed by atoms with E-state index in [-0.39, 0.29) is 22.1 Å². The molecule has 1 saturated heterocycles. The van der Waals surface area contributed by atoms with Crippen LogP contribution in [0.4, 0.5) is 5.69 Å². The maximum absolute atomic E-state index is 12.0. The van der Waals surface area contributed by atoms with Crippen molar-refractivity contribution in [1.82, 2.24) is 0 Å². The standard InChI is InChI=1S/C11H14ClNO5S2/c1-18-10-5-4-9(8-11(10)20(12,16)17)13-6-2-3-7-19(13,14)15/h4-5,8H,2-3,6-7H2,1H3. The van der Waals surface area contributed by atoms with Crippen LogP contribution in [-0.2, 0) is 19.1 Å². The van der Waals surface area contributed by atoms with Crippen LogP contribution in [0, 0.1) is 0 Å². The molecule has 112 valence electrons. The van der Waals surface area contributed by atoms with Crippen LogP contribution in [0.15, 0.2) is 23.1 Å². The van der Waals surface area contributed by atoms with Gasteiger partial charge in [-0.1, -0.05) is 0 Å². The van der Waals surface area contributed by atoms with Gasteiger partial charge in [0.25, 0.3) is 9.05 Å². The molecule has 9 heteroatoms. The van der Waals surface area contributed by atoms with E-state index in [2.05, 4.69) is 0 Å². The van der Waals surface area contributed by atoms with Gasteiger partial charge >= 0.3 is 0 Å². The van der Waals surface area contributed by atoms with E-state index in [1.165, 1.54) is 29.6 Å². The second-order valence-corrected chi connectivity index (χ2v) is 8.92. The zero-order valence-electron chi connectivity index (χ0n) is 10.7. The number of rotatable bonds is 3. The lowest BCUT2D eigenvalue weighted by atomic mass is 10.2. The highest BCUT2D eigenvalue weighted by Gasteiger charge is 2.28. The van der Waals surface area contributed by atoms with Gasteiger partial charge in [0.15, 0.2) is 0 Å². The van der Waals surface area contributed by atoms with Crippen molar-refractivity contribution < 1.29 is 21.6 Å². The van der Waals surface area contributed by atoms with Gasteiger partial charge in [-0.25, -0.2) is 16.8 Å². The van der Waals surface area contributed by atoms with E-state index < -0.39 is 19.1 Å². The number of ether oxygens (including phenoxy) is 1. The number of methoxy groups -OCH3 is 1. The van der Waals surface area contributed by atoms with E-state index in [9.17, 15) is 16.8 Å². The molecule has 6 nitrogen and oxygen atoms in total. The minimum Gasteiger partial charge on any atom is -0.495 e. The molecule has 1 aliphatic rings. The summed E-state index contributed by atoms with van der Waals surface area (Å²) in [5.41, 5.74) is 0.282. The average molecular weight is 340 g/mol. The maximum Gasteiger partial charge on any atom is 0.265 e. The fourth-order valence-corrected chi connectivity index (χ4v) is 4.74. The van der Waals surface area contributed by atoms with Crippen molar-refractivity contribution in [1.29, 1.82) is 0 Å². The molecular formula is C11H14ClNO5S2. The highest BCUT2D eigenvalue weighted by atomic mass is 35.7. The first kappa shape index (κ1) is 15.4. The Balaban J connectivity index is 2.54. The smallest absolute Gasteiger partial charge is 0.265 e. The third kappa shape index (κ3) is 3.02. The van der Waals surface area contributed by atoms with Crippen LogP contribution in [0.1, 0.15) is 12.8 Å². The summed E-state index contributed by atoms with van der Waals surface area (Å²) in [4.78, 5) is -0.236. The molecule has 0 aliphatic carbocycles. The summed E-state index contributed by atoms with van der Waals surface area (Å²) in [6.45, 7) is 0.330. The van der Waals surface area contributed by atoms with Gasteiger partial charge in [-0.2, -0.15) is 0 Å². The minimum absolute atomic E-state index is 0.0575. The number of hydrogen-bond acceptors (Lipinski definition) is 5. The molecule has 0 atom stereocenters. The van der Waals surface area contributed by atoms with Crippen molar-refractivity contribution in [3.05, 3.63) is 18.2 Å². The predicted octanol–water partition coefficient (Wildman–Crippen LogP) is 1.55. The third-order valence-electron chi connectivity index (χ3n) is 3.05. The van der Waals surface area contributed by atoms with Crippen LogP contribution in [-0.4, -0.2) is 36.2 Å². The minimum atomic E-state index is -4.02. The molecule has 1 aromatic rings. The van der Waals surface area contributed by atoms with Crippen LogP contribution in [0.25, 0.3) is 0 Å². The highest BCUT2D eigenvalue weighted by molar-refractivity contribution is 8.13. The molecule has 0 radical (unpaired) electrons. The van der Waals surface area contributed by atoms with Crippen LogP contribution in [0.3, 0.4) is 0 Å². The Hall–Kier alpha value is -0.990. The molecular weight excluding hydrogens is 326 g/mol. The SMILES string of the molecule is COc1ccc(N2CCCCS2(=O)=O)cc1S(=O)(=O)Cl. The molecule has 0 amide bonds. The Morgan fingerprint density at radius 3 is 2.55 bits per heavy atom. The lowest BCUT2D eigenvalue weighted by Gasteiger charge is -2.28. The molecule has 1 fully saturated rings. The number of hydrogen-bond donors (Lipinski definition) is 0. The number of nitrogens with zero attached hydrogens (tertiary/aromatic N) is 1. The second kappa shape index (κ2) is 5.42. The summed E-state index contributed by atoms with van der Waals surface area (Å²) in [5, 5.41) is 0. The summed E-state index contributed by atoms with van der Waals surface area (Å²) in [5.74, 6) is 0.139. The Morgan fingerprint density at radius 1 is 1.30 bits per heavy atom. The van der Waals surface area contributed by atoms with Gasteiger partial charge in [-0.3, -0.25) is 4.31 Å². The largest absolute Gasteiger partial charge is 0.495 e. The maximum atomic E-state index is 12.0. The summed E-state index contributed by atoms with van der Waals surface area (Å²) >= 11 is 0. The van der Waals surface area contributed by atoms with Crippen molar-refractivity contribution in [2.24, 2.45) is 0 Å². The second-order valence-electron chi connectivity index (χ2n) is 4.37. The molecule has 1 aliphatic heterocycles. The van der Waals surface area contributed by atoms with Crippen molar-refractivity contribution >= 4 is 35.4 Å². The van der Waals surface area contributed by atoms with Gasteiger partial charge in [-0.15, -0.1) is 0 Å². The van der Waals surface area contributed by atoms with E-state index in [4.69, 9.17) is 15.4 Å². The highest BCUT2D eigenvalue weighted by Crippen LogP contribution is 2.33. The zero-order valence-corrected chi connectivity index (χ0v) is 13.1. The topological polar surface area (TPSA) is 80.8 Å². The van der Waals surface area contributed by atoms with Crippen molar-refractivity contribution in [2.45, 2.75) is 17.7 Å². The average Bonchev–Trinajstić information content (AvgIpc) is 2.36. The lowest BCUT2D eigenvalue weighted by molar-refractivity contribution is 0.403. The fraction of sp³-hybridized carbons (Fsp3) is 0.455. The van der Waals surface area contributed by atoms with Crippen LogP contribution in [0.5, 0.6) is 5.75 Å². The van der Waals surface area contributed by atoms with Gasteiger partial charge in [0.2, 0.25) is 10.0 Å². The Bertz CT molecular complexity index is 714. The van der Waals surface area contributed by atoms with Crippen molar-refractivity contribution in [3.8, 4) is 5.75 Å².